The largest absolute Gasteiger partial charge is 0.497 e. The van der Waals surface area contributed by atoms with Crippen LogP contribution < -0.4 is 14.8 Å². The molecule has 0 saturated carbocycles. The predicted molar refractivity (Wildman–Crippen MR) is 125 cm³/mol. The SMILES string of the molecule is C=C(c1ccc(Cl)cc1)c1cc(C)c(NCc2ccc(OC)cc2OC)cc1Br. The van der Waals surface area contributed by atoms with E-state index in [9.17, 15) is 0 Å². The lowest BCUT2D eigenvalue weighted by Crippen LogP contribution is -2.04. The van der Waals surface area contributed by atoms with Gasteiger partial charge in [0.1, 0.15) is 11.5 Å². The molecular weight excluding hydrogens is 450 g/mol. The van der Waals surface area contributed by atoms with Crippen LogP contribution in [0.15, 0.2) is 65.6 Å². The Morgan fingerprint density at radius 3 is 2.41 bits per heavy atom. The van der Waals surface area contributed by atoms with E-state index >= 15 is 0 Å². The Kier molecular flexibility index (Phi) is 6.88. The van der Waals surface area contributed by atoms with Crippen LogP contribution in [0.5, 0.6) is 11.5 Å². The Balaban J connectivity index is 1.81. The summed E-state index contributed by atoms with van der Waals surface area (Å²) in [7, 11) is 3.31. The van der Waals surface area contributed by atoms with E-state index in [1.54, 1.807) is 14.2 Å². The number of ether oxygens (including phenoxy) is 2. The zero-order chi connectivity index (χ0) is 21.0. The van der Waals surface area contributed by atoms with Crippen molar-refractivity contribution in [1.29, 1.82) is 0 Å². The molecule has 0 bridgehead atoms. The molecule has 0 radical (unpaired) electrons. The Morgan fingerprint density at radius 1 is 1.03 bits per heavy atom. The first-order valence-electron chi connectivity index (χ1n) is 9.13. The van der Waals surface area contributed by atoms with E-state index in [1.165, 1.54) is 0 Å². The van der Waals surface area contributed by atoms with Gasteiger partial charge in [-0.15, -0.1) is 0 Å². The van der Waals surface area contributed by atoms with E-state index in [1.807, 2.05) is 42.5 Å². The molecular formula is C24H23BrClNO2. The minimum absolute atomic E-state index is 0.637. The smallest absolute Gasteiger partial charge is 0.127 e. The summed E-state index contributed by atoms with van der Waals surface area (Å²) in [4.78, 5) is 0. The molecule has 0 unspecified atom stereocenters. The topological polar surface area (TPSA) is 30.5 Å². The number of methoxy groups -OCH3 is 2. The minimum atomic E-state index is 0.637. The fraction of sp³-hybridized carbons (Fsp3) is 0.167. The van der Waals surface area contributed by atoms with Crippen LogP contribution in [0.25, 0.3) is 5.57 Å². The maximum atomic E-state index is 6.00. The number of hydrogen-bond donors (Lipinski definition) is 1. The quantitative estimate of drug-likeness (QED) is 0.398. The fourth-order valence-electron chi connectivity index (χ4n) is 3.10. The van der Waals surface area contributed by atoms with Crippen LogP contribution in [-0.4, -0.2) is 14.2 Å². The molecule has 0 heterocycles. The lowest BCUT2D eigenvalue weighted by molar-refractivity contribution is 0.391. The van der Waals surface area contributed by atoms with E-state index in [0.717, 1.165) is 49.5 Å². The third-order valence-electron chi connectivity index (χ3n) is 4.80. The van der Waals surface area contributed by atoms with Crippen LogP contribution in [0.3, 0.4) is 0 Å². The molecule has 29 heavy (non-hydrogen) atoms. The first-order chi connectivity index (χ1) is 13.9. The molecule has 0 aliphatic carbocycles. The Morgan fingerprint density at radius 2 is 1.76 bits per heavy atom. The van der Waals surface area contributed by atoms with Gasteiger partial charge in [0.05, 0.1) is 14.2 Å². The molecule has 3 rings (SSSR count). The van der Waals surface area contributed by atoms with Gasteiger partial charge in [0.25, 0.3) is 0 Å². The van der Waals surface area contributed by atoms with Gasteiger partial charge in [0, 0.05) is 33.4 Å². The van der Waals surface area contributed by atoms with Gasteiger partial charge in [-0.25, -0.2) is 0 Å². The second-order valence-electron chi connectivity index (χ2n) is 6.66. The molecule has 3 nitrogen and oxygen atoms in total. The van der Waals surface area contributed by atoms with Crippen LogP contribution in [0, 0.1) is 6.92 Å². The van der Waals surface area contributed by atoms with Crippen LogP contribution >= 0.6 is 27.5 Å². The van der Waals surface area contributed by atoms with E-state index < -0.39 is 0 Å². The third kappa shape index (κ3) is 4.95. The lowest BCUT2D eigenvalue weighted by Gasteiger charge is -2.16. The maximum absolute atomic E-state index is 6.00. The van der Waals surface area contributed by atoms with Gasteiger partial charge >= 0.3 is 0 Å². The zero-order valence-electron chi connectivity index (χ0n) is 16.7. The standard InChI is InChI=1S/C24H23BrClNO2/c1-15-11-21(16(2)17-5-8-19(26)9-6-17)22(25)13-23(15)27-14-18-7-10-20(28-3)12-24(18)29-4/h5-13,27H,2,14H2,1,3-4H3. The van der Waals surface area contributed by atoms with Crippen molar-refractivity contribution >= 4 is 38.8 Å². The summed E-state index contributed by atoms with van der Waals surface area (Å²) >= 11 is 9.70. The molecule has 0 aliphatic heterocycles. The highest BCUT2D eigenvalue weighted by Crippen LogP contribution is 2.34. The summed E-state index contributed by atoms with van der Waals surface area (Å²) in [6.45, 7) is 6.99. The van der Waals surface area contributed by atoms with Crippen molar-refractivity contribution in [1.82, 2.24) is 0 Å². The molecule has 150 valence electrons. The van der Waals surface area contributed by atoms with Gasteiger partial charge in [-0.1, -0.05) is 46.2 Å². The van der Waals surface area contributed by atoms with Gasteiger partial charge in [-0.05, 0) is 65.6 Å². The molecule has 0 fully saturated rings. The van der Waals surface area contributed by atoms with Crippen molar-refractivity contribution in [2.45, 2.75) is 13.5 Å². The van der Waals surface area contributed by atoms with Gasteiger partial charge in [0.15, 0.2) is 0 Å². The van der Waals surface area contributed by atoms with Crippen LogP contribution in [0.2, 0.25) is 5.02 Å². The first kappa shape index (κ1) is 21.3. The molecule has 3 aromatic carbocycles. The summed E-state index contributed by atoms with van der Waals surface area (Å²) in [5, 5.41) is 4.21. The highest BCUT2D eigenvalue weighted by molar-refractivity contribution is 9.10. The summed E-state index contributed by atoms with van der Waals surface area (Å²) in [5.41, 5.74) is 6.27. The highest BCUT2D eigenvalue weighted by atomic mass is 79.9. The van der Waals surface area contributed by atoms with Crippen molar-refractivity contribution in [3.05, 3.63) is 92.9 Å². The zero-order valence-corrected chi connectivity index (χ0v) is 19.0. The lowest BCUT2D eigenvalue weighted by atomic mass is 9.97. The number of halogens is 2. The van der Waals surface area contributed by atoms with Crippen molar-refractivity contribution in [3.8, 4) is 11.5 Å². The third-order valence-corrected chi connectivity index (χ3v) is 5.70. The molecule has 1 N–H and O–H groups in total. The number of aryl methyl sites for hydroxylation is 1. The first-order valence-corrected chi connectivity index (χ1v) is 10.3. The Labute approximate surface area is 185 Å². The van der Waals surface area contributed by atoms with Crippen LogP contribution in [0.1, 0.15) is 22.3 Å². The minimum Gasteiger partial charge on any atom is -0.497 e. The van der Waals surface area contributed by atoms with E-state index in [4.69, 9.17) is 21.1 Å². The summed E-state index contributed by atoms with van der Waals surface area (Å²) in [6, 6.07) is 17.8. The number of anilines is 1. The van der Waals surface area contributed by atoms with Crippen molar-refractivity contribution in [2.24, 2.45) is 0 Å². The number of nitrogens with one attached hydrogen (secondary N) is 1. The molecule has 0 atom stereocenters. The Hall–Kier alpha value is -2.43. The van der Waals surface area contributed by atoms with Crippen LogP contribution in [0.4, 0.5) is 5.69 Å². The normalized spacial score (nSPS) is 10.5. The Bertz CT molecular complexity index is 1030. The van der Waals surface area contributed by atoms with Gasteiger partial charge < -0.3 is 14.8 Å². The summed E-state index contributed by atoms with van der Waals surface area (Å²) in [6.07, 6.45) is 0. The average molecular weight is 473 g/mol. The second-order valence-corrected chi connectivity index (χ2v) is 7.95. The van der Waals surface area contributed by atoms with E-state index in [0.29, 0.717) is 11.6 Å². The predicted octanol–water partition coefficient (Wildman–Crippen LogP) is 7.10. The fourth-order valence-corrected chi connectivity index (χ4v) is 3.81. The maximum Gasteiger partial charge on any atom is 0.127 e. The van der Waals surface area contributed by atoms with Crippen molar-refractivity contribution < 1.29 is 9.47 Å². The molecule has 0 amide bonds. The number of hydrogen-bond acceptors (Lipinski definition) is 3. The van der Waals surface area contributed by atoms with E-state index in [2.05, 4.69) is 46.9 Å². The highest BCUT2D eigenvalue weighted by Gasteiger charge is 2.11. The molecule has 0 aliphatic rings. The average Bonchev–Trinajstić information content (AvgIpc) is 2.74. The van der Waals surface area contributed by atoms with Crippen molar-refractivity contribution in [2.75, 3.05) is 19.5 Å². The molecule has 0 aromatic heterocycles. The molecule has 0 saturated heterocycles. The molecule has 0 spiro atoms. The van der Waals surface area contributed by atoms with Gasteiger partial charge in [-0.2, -0.15) is 0 Å². The molecule has 5 heteroatoms. The second kappa shape index (κ2) is 9.38. The van der Waals surface area contributed by atoms with E-state index in [-0.39, 0.29) is 0 Å². The van der Waals surface area contributed by atoms with Gasteiger partial charge in [0.2, 0.25) is 0 Å². The van der Waals surface area contributed by atoms with Gasteiger partial charge in [-0.3, -0.25) is 0 Å². The summed E-state index contributed by atoms with van der Waals surface area (Å²) < 4.78 is 11.7. The summed E-state index contributed by atoms with van der Waals surface area (Å²) in [5.74, 6) is 1.57. The van der Waals surface area contributed by atoms with Crippen molar-refractivity contribution in [3.63, 3.8) is 0 Å². The van der Waals surface area contributed by atoms with Crippen LogP contribution in [-0.2, 0) is 6.54 Å². The molecule has 3 aromatic rings. The number of rotatable bonds is 7. The monoisotopic (exact) mass is 471 g/mol. The number of benzene rings is 3.